The number of rotatable bonds is 3. The topological polar surface area (TPSA) is 70.2 Å². The maximum absolute atomic E-state index is 12.4. The van der Waals surface area contributed by atoms with Crippen LogP contribution in [0.2, 0.25) is 0 Å². The quantitative estimate of drug-likeness (QED) is 0.800. The highest BCUT2D eigenvalue weighted by Gasteiger charge is 2.28. The largest absolute Gasteiger partial charge is 0.372 e. The Morgan fingerprint density at radius 3 is 2.20 bits per heavy atom. The summed E-state index contributed by atoms with van der Waals surface area (Å²) in [4.78, 5) is 24.6. The lowest BCUT2D eigenvalue weighted by atomic mass is 10.0. The van der Waals surface area contributed by atoms with Gasteiger partial charge in [0.1, 0.15) is 6.04 Å². The van der Waals surface area contributed by atoms with E-state index in [4.69, 9.17) is 0 Å². The Kier molecular flexibility index (Phi) is 4.49. The summed E-state index contributed by atoms with van der Waals surface area (Å²) in [5.74, 6) is -0.378. The number of hydrogen-bond acceptors (Lipinski definition) is 3. The Hall–Kier alpha value is -2.82. The van der Waals surface area contributed by atoms with Gasteiger partial charge in [-0.15, -0.1) is 0 Å². The van der Waals surface area contributed by atoms with E-state index in [0.29, 0.717) is 0 Å². The highest BCUT2D eigenvalue weighted by Crippen LogP contribution is 2.30. The number of aryl methyl sites for hydroxylation is 4. The van der Waals surface area contributed by atoms with E-state index in [1.54, 1.807) is 0 Å². The van der Waals surface area contributed by atoms with Crippen LogP contribution >= 0.6 is 0 Å². The zero-order valence-electron chi connectivity index (χ0n) is 15.0. The van der Waals surface area contributed by atoms with Gasteiger partial charge >= 0.3 is 0 Å². The number of fused-ring (bicyclic) bond motifs is 1. The average Bonchev–Trinajstić information content (AvgIpc) is 2.49. The minimum atomic E-state index is -0.583. The number of nitrogens with one attached hydrogen (secondary N) is 3. The van der Waals surface area contributed by atoms with E-state index in [9.17, 15) is 9.59 Å². The van der Waals surface area contributed by atoms with Crippen molar-refractivity contribution < 1.29 is 9.59 Å². The smallest absolute Gasteiger partial charge is 0.247 e. The summed E-state index contributed by atoms with van der Waals surface area (Å²) in [5.41, 5.74) is 6.80. The van der Waals surface area contributed by atoms with Crippen molar-refractivity contribution in [3.8, 4) is 0 Å². The van der Waals surface area contributed by atoms with Crippen molar-refractivity contribution in [1.82, 2.24) is 0 Å². The minimum Gasteiger partial charge on any atom is -0.372 e. The summed E-state index contributed by atoms with van der Waals surface area (Å²) in [6, 6.07) is 9.25. The van der Waals surface area contributed by atoms with Crippen molar-refractivity contribution in [2.45, 2.75) is 40.2 Å². The van der Waals surface area contributed by atoms with Crippen LogP contribution in [-0.2, 0) is 9.59 Å². The molecule has 0 aliphatic carbocycles. The van der Waals surface area contributed by atoms with Crippen molar-refractivity contribution in [3.05, 3.63) is 52.6 Å². The Balaban J connectivity index is 1.71. The predicted molar refractivity (Wildman–Crippen MR) is 101 cm³/mol. The number of carbonyl (C=O) groups is 2. The van der Waals surface area contributed by atoms with Crippen LogP contribution in [0.4, 0.5) is 17.1 Å². The lowest BCUT2D eigenvalue weighted by molar-refractivity contribution is -0.122. The molecular formula is C20H23N3O2. The third-order valence-corrected chi connectivity index (χ3v) is 4.43. The summed E-state index contributed by atoms with van der Waals surface area (Å²) >= 11 is 0. The van der Waals surface area contributed by atoms with Crippen LogP contribution in [0, 0.1) is 27.7 Å². The van der Waals surface area contributed by atoms with Crippen LogP contribution in [0.15, 0.2) is 30.3 Å². The zero-order valence-corrected chi connectivity index (χ0v) is 15.0. The molecule has 25 heavy (non-hydrogen) atoms. The van der Waals surface area contributed by atoms with Crippen LogP contribution in [0.5, 0.6) is 0 Å². The molecule has 3 rings (SSSR count). The fourth-order valence-corrected chi connectivity index (χ4v) is 3.10. The number of hydrogen-bond donors (Lipinski definition) is 3. The van der Waals surface area contributed by atoms with Gasteiger partial charge in [0.25, 0.3) is 0 Å². The Labute approximate surface area is 147 Å². The lowest BCUT2D eigenvalue weighted by Gasteiger charge is -2.27. The molecule has 0 bridgehead atoms. The fraction of sp³-hybridized carbons (Fsp3) is 0.300. The van der Waals surface area contributed by atoms with Crippen molar-refractivity contribution in [3.63, 3.8) is 0 Å². The molecule has 0 aromatic heterocycles. The second-order valence-electron chi connectivity index (χ2n) is 6.80. The van der Waals surface area contributed by atoms with Gasteiger partial charge in [0.2, 0.25) is 11.8 Å². The van der Waals surface area contributed by atoms with Crippen molar-refractivity contribution in [2.75, 3.05) is 16.0 Å². The van der Waals surface area contributed by atoms with Gasteiger partial charge in [0.05, 0.1) is 17.8 Å². The van der Waals surface area contributed by atoms with Gasteiger partial charge in [0.15, 0.2) is 0 Å². The molecule has 0 fully saturated rings. The van der Waals surface area contributed by atoms with Crippen molar-refractivity contribution >= 4 is 28.9 Å². The fourth-order valence-electron chi connectivity index (χ4n) is 3.10. The predicted octanol–water partition coefficient (Wildman–Crippen LogP) is 3.68. The molecule has 1 atom stereocenters. The second-order valence-corrected chi connectivity index (χ2v) is 6.80. The average molecular weight is 337 g/mol. The number of amides is 2. The van der Waals surface area contributed by atoms with Gasteiger partial charge in [-0.05, 0) is 74.2 Å². The van der Waals surface area contributed by atoms with Gasteiger partial charge in [-0.3, -0.25) is 9.59 Å². The zero-order chi connectivity index (χ0) is 18.1. The lowest BCUT2D eigenvalue weighted by Crippen LogP contribution is -2.41. The maximum Gasteiger partial charge on any atom is 0.247 e. The first-order chi connectivity index (χ1) is 11.8. The molecular weight excluding hydrogens is 314 g/mol. The van der Waals surface area contributed by atoms with Crippen molar-refractivity contribution in [2.24, 2.45) is 0 Å². The Bertz CT molecular complexity index is 838. The molecule has 5 nitrogen and oxygen atoms in total. The molecule has 1 aliphatic rings. The number of carbonyl (C=O) groups excluding carboxylic acids is 2. The molecule has 0 saturated carbocycles. The summed E-state index contributed by atoms with van der Waals surface area (Å²) < 4.78 is 0. The SMILES string of the molecule is Cc1cc(C)cc(NC(=O)C[C@@H]2Nc3cc(C)c(C)cc3NC2=O)c1. The normalized spacial score (nSPS) is 15.8. The molecule has 0 unspecified atom stereocenters. The summed E-state index contributed by atoms with van der Waals surface area (Å²) in [6.45, 7) is 8.00. The molecule has 2 aromatic carbocycles. The van der Waals surface area contributed by atoms with E-state index in [-0.39, 0.29) is 18.2 Å². The van der Waals surface area contributed by atoms with Gasteiger partial charge in [0, 0.05) is 5.69 Å². The van der Waals surface area contributed by atoms with Gasteiger partial charge in [-0.1, -0.05) is 6.07 Å². The monoisotopic (exact) mass is 337 g/mol. The summed E-state index contributed by atoms with van der Waals surface area (Å²) in [5, 5.41) is 8.94. The van der Waals surface area contributed by atoms with E-state index in [0.717, 1.165) is 39.3 Å². The van der Waals surface area contributed by atoms with Crippen LogP contribution in [0.3, 0.4) is 0 Å². The highest BCUT2D eigenvalue weighted by molar-refractivity contribution is 6.06. The Morgan fingerprint density at radius 2 is 1.56 bits per heavy atom. The maximum atomic E-state index is 12.4. The molecule has 0 spiro atoms. The molecule has 2 aromatic rings. The molecule has 0 radical (unpaired) electrons. The van der Waals surface area contributed by atoms with E-state index >= 15 is 0 Å². The summed E-state index contributed by atoms with van der Waals surface area (Å²) in [6.07, 6.45) is 0.0746. The molecule has 5 heteroatoms. The van der Waals surface area contributed by atoms with E-state index in [1.165, 1.54) is 0 Å². The minimum absolute atomic E-state index is 0.0746. The standard InChI is InChI=1S/C20H23N3O2/c1-11-5-12(2)7-15(6-11)21-19(24)10-18-20(25)23-17-9-14(4)13(3)8-16(17)22-18/h5-9,18,22H,10H2,1-4H3,(H,21,24)(H,23,25)/t18-/m0/s1. The molecule has 0 saturated heterocycles. The van der Waals surface area contributed by atoms with E-state index in [1.807, 2.05) is 58.0 Å². The third-order valence-electron chi connectivity index (χ3n) is 4.43. The number of anilines is 3. The van der Waals surface area contributed by atoms with Crippen molar-refractivity contribution in [1.29, 1.82) is 0 Å². The number of benzene rings is 2. The van der Waals surface area contributed by atoms with Crippen LogP contribution < -0.4 is 16.0 Å². The Morgan fingerprint density at radius 1 is 0.960 bits per heavy atom. The van der Waals surface area contributed by atoms with Gasteiger partial charge in [-0.2, -0.15) is 0 Å². The van der Waals surface area contributed by atoms with E-state index in [2.05, 4.69) is 16.0 Å². The molecule has 130 valence electrons. The molecule has 3 N–H and O–H groups in total. The first-order valence-electron chi connectivity index (χ1n) is 8.38. The first-order valence-corrected chi connectivity index (χ1v) is 8.38. The molecule has 1 heterocycles. The van der Waals surface area contributed by atoms with Crippen LogP contribution in [0.1, 0.15) is 28.7 Å². The van der Waals surface area contributed by atoms with Crippen LogP contribution in [-0.4, -0.2) is 17.9 Å². The molecule has 1 aliphatic heterocycles. The second kappa shape index (κ2) is 6.59. The first kappa shape index (κ1) is 17.0. The van der Waals surface area contributed by atoms with E-state index < -0.39 is 6.04 Å². The summed E-state index contributed by atoms with van der Waals surface area (Å²) in [7, 11) is 0. The van der Waals surface area contributed by atoms with Gasteiger partial charge in [-0.25, -0.2) is 0 Å². The highest BCUT2D eigenvalue weighted by atomic mass is 16.2. The third kappa shape index (κ3) is 3.82. The van der Waals surface area contributed by atoms with Gasteiger partial charge < -0.3 is 16.0 Å². The molecule has 2 amide bonds. The van der Waals surface area contributed by atoms with Crippen LogP contribution in [0.25, 0.3) is 0 Å².